The van der Waals surface area contributed by atoms with E-state index < -0.39 is 0 Å². The number of hydrogen-bond donors (Lipinski definition) is 0. The van der Waals surface area contributed by atoms with Crippen molar-refractivity contribution in [3.05, 3.63) is 274 Å². The number of allylic oxidation sites excluding steroid dienone is 32. The van der Waals surface area contributed by atoms with Gasteiger partial charge in [-0.3, -0.25) is 33.6 Å². The number of carbonyl (C=O) groups is 7. The molecular weight excluding hydrogens is 1390 g/mol. The number of benzene rings is 3. The average molecular weight is 1510 g/mol. The maximum atomic E-state index is 13.6. The number of halogens is 1. The van der Waals surface area contributed by atoms with Gasteiger partial charge in [0, 0.05) is 63.6 Å². The molecule has 0 atom stereocenters. The lowest BCUT2D eigenvalue weighted by atomic mass is 9.71. The molecule has 111 heavy (non-hydrogen) atoms. The first-order valence-electron chi connectivity index (χ1n) is 39.4. The van der Waals surface area contributed by atoms with Crippen molar-refractivity contribution < 1.29 is 36.4 Å². The van der Waals surface area contributed by atoms with Crippen molar-refractivity contribution >= 4 is 86.1 Å². The monoisotopic (exact) mass is 1510 g/mol. The van der Waals surface area contributed by atoms with Crippen molar-refractivity contribution in [2.75, 3.05) is 0 Å². The van der Waals surface area contributed by atoms with Gasteiger partial charge in [-0.1, -0.05) is 218 Å². The third kappa shape index (κ3) is 20.2. The molecule has 9 aliphatic carbocycles. The highest BCUT2D eigenvalue weighted by atomic mass is 35.5. The molecule has 10 nitrogen and oxygen atoms in total. The Morgan fingerprint density at radius 1 is 0.306 bits per heavy atom. The Hall–Kier alpha value is -9.51. The molecule has 0 aromatic heterocycles. The van der Waals surface area contributed by atoms with Crippen LogP contribution in [0.1, 0.15) is 265 Å². The number of aliphatic imine (C=N–C) groups is 1. The molecule has 0 unspecified atom stereocenters. The molecule has 0 heterocycles. The zero-order valence-corrected chi connectivity index (χ0v) is 71.4. The molecule has 3 aromatic rings. The topological polar surface area (TPSA) is 157 Å². The fraction of sp³-hybridized carbons (Fsp3) is 0.400. The Balaban J connectivity index is 0.000000214. The summed E-state index contributed by atoms with van der Waals surface area (Å²) in [4.78, 5) is 94.0. The second-order valence-electron chi connectivity index (χ2n) is 37.9. The minimum absolute atomic E-state index is 0. The van der Waals surface area contributed by atoms with E-state index in [0.717, 1.165) is 157 Å². The van der Waals surface area contributed by atoms with Crippen molar-refractivity contribution in [3.63, 3.8) is 0 Å². The van der Waals surface area contributed by atoms with Crippen LogP contribution in [-0.4, -0.2) is 57.6 Å². The standard InChI is InChI=1S/C34H38O2.C30H38O2.C22H28N2O2.C14H12ClNO.2H2/c1-32(2,3)23-16-17-25-22(19-29(34(7,8)9)31(36)27(25)20-23)15-14-21-18-28(33(4,5)6)30(35)26-13-11-10-12-24(21)26;1-29(2,3)25-17-19(21-11-7-9-13-23(21)27(25)31)15-16-20-18-26(30(4,5)6)28(32)24-14-10-8-12-22(20)24;1-13-9-15(10-14(2)19(13)25)23-24-16-11-17(21(3,4)5)20(26)18(12-16)22(6,7)8;1-9-7-13(8-10(2)14(9)17)16-12-5-3-11(15)4-6-12;;/h10-20H,1-9H3;15-18H,7-14H2,1-6H3;9-12H,1-8H3;3-8H,1-2H3;2*1H/b21-14+,22-15+;19-15+,20-16+;;;;. The Labute approximate surface area is 669 Å². The van der Waals surface area contributed by atoms with E-state index in [4.69, 9.17) is 11.6 Å². The number of carbonyl (C=O) groups excluding carboxylic acids is 7. The second kappa shape index (κ2) is 33.0. The van der Waals surface area contributed by atoms with Crippen LogP contribution in [0.15, 0.2) is 256 Å². The van der Waals surface area contributed by atoms with E-state index in [2.05, 4.69) is 174 Å². The average Bonchev–Trinajstić information content (AvgIpc) is 0.765. The quantitative estimate of drug-likeness (QED) is 0.186. The van der Waals surface area contributed by atoms with Crippen LogP contribution in [0.5, 0.6) is 0 Å². The fourth-order valence-corrected chi connectivity index (χ4v) is 15.0. The molecule has 0 radical (unpaired) electrons. The largest absolute Gasteiger partial charge is 0.289 e. The van der Waals surface area contributed by atoms with Crippen molar-refractivity contribution in [1.82, 2.24) is 0 Å². The number of rotatable bonds is 4. The maximum absolute atomic E-state index is 13.6. The summed E-state index contributed by atoms with van der Waals surface area (Å²) < 4.78 is 0. The summed E-state index contributed by atoms with van der Waals surface area (Å²) >= 11 is 5.80. The third-order valence-corrected chi connectivity index (χ3v) is 21.6. The van der Waals surface area contributed by atoms with Crippen molar-refractivity contribution in [3.8, 4) is 0 Å². The minimum atomic E-state index is -0.278. The summed E-state index contributed by atoms with van der Waals surface area (Å²) in [7, 11) is 0. The molecule has 0 spiro atoms. The van der Waals surface area contributed by atoms with Gasteiger partial charge in [-0.25, -0.2) is 4.99 Å². The van der Waals surface area contributed by atoms with Crippen molar-refractivity contribution in [2.24, 2.45) is 47.7 Å². The van der Waals surface area contributed by atoms with E-state index in [1.807, 2.05) is 102 Å². The molecule has 0 fully saturated rings. The molecule has 0 saturated heterocycles. The highest BCUT2D eigenvalue weighted by molar-refractivity contribution is 6.30. The van der Waals surface area contributed by atoms with Gasteiger partial charge in [-0.05, 0) is 280 Å². The Bertz CT molecular complexity index is 4920. The number of fused-ring (bicyclic) bond motifs is 2. The molecule has 0 amide bonds. The third-order valence-electron chi connectivity index (χ3n) is 21.3. The molecule has 3 aromatic carbocycles. The van der Waals surface area contributed by atoms with Gasteiger partial charge in [0.1, 0.15) is 0 Å². The first-order valence-corrected chi connectivity index (χ1v) is 39.7. The van der Waals surface area contributed by atoms with Gasteiger partial charge in [-0.2, -0.15) is 10.2 Å². The van der Waals surface area contributed by atoms with Crippen LogP contribution in [0.4, 0.5) is 5.69 Å². The summed E-state index contributed by atoms with van der Waals surface area (Å²) in [6, 6.07) is 21.4. The van der Waals surface area contributed by atoms with E-state index in [0.29, 0.717) is 27.6 Å². The van der Waals surface area contributed by atoms with Crippen LogP contribution in [0.3, 0.4) is 0 Å². The number of ketones is 7. The summed E-state index contributed by atoms with van der Waals surface area (Å²) in [6.45, 7) is 51.1. The van der Waals surface area contributed by atoms with Gasteiger partial charge in [-0.15, -0.1) is 0 Å². The zero-order valence-electron chi connectivity index (χ0n) is 70.7. The maximum Gasteiger partial charge on any atom is 0.190 e. The van der Waals surface area contributed by atoms with Gasteiger partial charge in [0.2, 0.25) is 0 Å². The van der Waals surface area contributed by atoms with Gasteiger partial charge < -0.3 is 0 Å². The van der Waals surface area contributed by atoms with Crippen LogP contribution < -0.4 is 0 Å². The fourth-order valence-electron chi connectivity index (χ4n) is 14.9. The van der Waals surface area contributed by atoms with E-state index in [1.54, 1.807) is 64.1 Å². The highest BCUT2D eigenvalue weighted by Gasteiger charge is 2.39. The lowest BCUT2D eigenvalue weighted by Gasteiger charge is -2.32. The molecule has 0 N–H and O–H groups in total. The molecule has 12 rings (SSSR count). The van der Waals surface area contributed by atoms with Crippen LogP contribution in [-0.2, 0) is 29.4 Å². The second-order valence-corrected chi connectivity index (χ2v) is 38.3. The van der Waals surface area contributed by atoms with E-state index in [9.17, 15) is 33.6 Å². The molecule has 584 valence electrons. The van der Waals surface area contributed by atoms with Gasteiger partial charge in [0.05, 0.1) is 22.8 Å². The first-order chi connectivity index (χ1) is 51.4. The molecule has 11 heteroatoms. The normalized spacial score (nSPS) is 20.1. The van der Waals surface area contributed by atoms with E-state index in [1.165, 1.54) is 22.3 Å². The van der Waals surface area contributed by atoms with Crippen LogP contribution in [0, 0.1) is 32.5 Å². The highest BCUT2D eigenvalue weighted by Crippen LogP contribution is 2.47. The number of Topliss-reactive ketones (excluding diaryl/α,β-unsaturated/α-hetero) is 7. The predicted octanol–water partition coefficient (Wildman–Crippen LogP) is 25.6. The van der Waals surface area contributed by atoms with Crippen LogP contribution in [0.2, 0.25) is 5.02 Å². The number of nitrogens with zero attached hydrogens (tertiary/aromatic N) is 3. The smallest absolute Gasteiger partial charge is 0.190 e. The lowest BCUT2D eigenvalue weighted by Crippen LogP contribution is -2.29. The van der Waals surface area contributed by atoms with Crippen LogP contribution in [0.25, 0.3) is 11.1 Å². The summed E-state index contributed by atoms with van der Waals surface area (Å²) in [6.07, 6.45) is 36.0. The van der Waals surface area contributed by atoms with E-state index in [-0.39, 0.29) is 81.2 Å². The molecular formula is C100H120ClN3O7. The number of hydrogen-bond acceptors (Lipinski definition) is 10. The van der Waals surface area contributed by atoms with Gasteiger partial charge in [0.25, 0.3) is 0 Å². The lowest BCUT2D eigenvalue weighted by molar-refractivity contribution is -0.114. The van der Waals surface area contributed by atoms with Crippen molar-refractivity contribution in [2.45, 2.75) is 230 Å². The SMILES string of the molecule is CC(C)(C)C1=C/C(=C\C=C2/C=C(C(C)(C)C)C(=O)C3=C2CCCC3)C2=C(CCCC2)C1=O.CC(C)(C)C1=C/C(=C\C=C2/C=C(C(C)(C)C)C(=O)c3cc(C(C)(C)C)ccc32)c2ccccc2C1=O.CC1=CC(=NN=C2C=C(C(C)(C)C)C(=O)C(C(C)(C)C)=C2)C=C(C)C1=O.CC1=CC(=Nc2ccc(Cl)cc2)C=C(C)C1=O.[HH].[HH]. The van der Waals surface area contributed by atoms with Crippen molar-refractivity contribution in [1.29, 1.82) is 0 Å². The van der Waals surface area contributed by atoms with Gasteiger partial charge in [0.15, 0.2) is 40.5 Å². The summed E-state index contributed by atoms with van der Waals surface area (Å²) in [5.74, 6) is 0.911. The zero-order chi connectivity index (χ0) is 82.2. The summed E-state index contributed by atoms with van der Waals surface area (Å²) in [5, 5.41) is 9.35. The Morgan fingerprint density at radius 2 is 0.622 bits per heavy atom. The van der Waals surface area contributed by atoms with E-state index >= 15 is 0 Å². The summed E-state index contributed by atoms with van der Waals surface area (Å²) in [5.41, 5.74) is 22.7. The Morgan fingerprint density at radius 3 is 1.01 bits per heavy atom. The minimum Gasteiger partial charge on any atom is -0.289 e. The van der Waals surface area contributed by atoms with Crippen LogP contribution >= 0.6 is 11.6 Å². The molecule has 0 saturated carbocycles. The predicted molar refractivity (Wildman–Crippen MR) is 466 cm³/mol. The van der Waals surface area contributed by atoms with Gasteiger partial charge >= 0.3 is 0 Å². The first kappa shape index (κ1) is 85.5. The molecule has 9 aliphatic rings. The Kier molecular flexibility index (Phi) is 25.5. The molecule has 0 bridgehead atoms. The molecule has 0 aliphatic heterocycles.